The van der Waals surface area contributed by atoms with Gasteiger partial charge in [-0.1, -0.05) is 6.07 Å². The summed E-state index contributed by atoms with van der Waals surface area (Å²) < 4.78 is 34.6. The maximum atomic E-state index is 13.7. The molecule has 0 aromatic heterocycles. The van der Waals surface area contributed by atoms with Crippen molar-refractivity contribution in [3.63, 3.8) is 0 Å². The minimum absolute atomic E-state index is 0.00554. The number of amides is 1. The maximum Gasteiger partial charge on any atom is 0.338 e. The summed E-state index contributed by atoms with van der Waals surface area (Å²) in [6.07, 6.45) is 0. The number of fused-ring (bicyclic) bond motifs is 1. The number of benzene rings is 2. The van der Waals surface area contributed by atoms with Crippen molar-refractivity contribution >= 4 is 11.9 Å². The summed E-state index contributed by atoms with van der Waals surface area (Å²) in [5, 5.41) is 0. The predicted octanol–water partition coefficient (Wildman–Crippen LogP) is 2.81. The van der Waals surface area contributed by atoms with Crippen LogP contribution >= 0.6 is 0 Å². The number of rotatable bonds is 7. The highest BCUT2D eigenvalue weighted by atomic mass is 19.1. The van der Waals surface area contributed by atoms with Gasteiger partial charge in [0.1, 0.15) is 13.2 Å². The maximum absolute atomic E-state index is 13.7. The van der Waals surface area contributed by atoms with Gasteiger partial charge in [-0.05, 0) is 42.8 Å². The van der Waals surface area contributed by atoms with Crippen LogP contribution in [-0.4, -0.2) is 50.3 Å². The van der Waals surface area contributed by atoms with Crippen molar-refractivity contribution in [2.24, 2.45) is 0 Å². The average molecular weight is 403 g/mol. The molecule has 0 N–H and O–H groups in total. The Labute approximate surface area is 167 Å². The van der Waals surface area contributed by atoms with Crippen molar-refractivity contribution in [2.75, 3.05) is 33.5 Å². The molecule has 2 aromatic rings. The summed E-state index contributed by atoms with van der Waals surface area (Å²) in [5.74, 6) is -0.475. The fourth-order valence-corrected chi connectivity index (χ4v) is 2.88. The molecule has 0 aliphatic carbocycles. The number of hydrogen-bond acceptors (Lipinski definition) is 6. The van der Waals surface area contributed by atoms with E-state index in [0.29, 0.717) is 37.8 Å². The van der Waals surface area contributed by atoms with Crippen molar-refractivity contribution in [3.05, 3.63) is 53.3 Å². The van der Waals surface area contributed by atoms with Crippen LogP contribution in [0.2, 0.25) is 0 Å². The third kappa shape index (κ3) is 4.96. The van der Waals surface area contributed by atoms with Crippen LogP contribution < -0.4 is 14.2 Å². The summed E-state index contributed by atoms with van der Waals surface area (Å²) in [5.41, 5.74) is 0.874. The molecule has 1 amide bonds. The van der Waals surface area contributed by atoms with Crippen LogP contribution in [0.5, 0.6) is 17.2 Å². The zero-order valence-electron chi connectivity index (χ0n) is 16.3. The smallest absolute Gasteiger partial charge is 0.338 e. The molecule has 0 radical (unpaired) electrons. The highest BCUT2D eigenvalue weighted by Crippen LogP contribution is 2.31. The van der Waals surface area contributed by atoms with Crippen molar-refractivity contribution < 1.29 is 32.9 Å². The molecule has 0 bridgehead atoms. The highest BCUT2D eigenvalue weighted by molar-refractivity contribution is 5.91. The second-order valence-corrected chi connectivity index (χ2v) is 6.31. The number of halogens is 1. The van der Waals surface area contributed by atoms with Crippen LogP contribution in [0.25, 0.3) is 0 Å². The molecule has 0 atom stereocenters. The van der Waals surface area contributed by atoms with E-state index in [-0.39, 0.29) is 17.2 Å². The number of methoxy groups -OCH3 is 1. The largest absolute Gasteiger partial charge is 0.494 e. The van der Waals surface area contributed by atoms with Gasteiger partial charge in [-0.2, -0.15) is 0 Å². The molecule has 1 aliphatic heterocycles. The van der Waals surface area contributed by atoms with E-state index >= 15 is 0 Å². The molecule has 1 aliphatic rings. The lowest BCUT2D eigenvalue weighted by atomic mass is 10.1. The van der Waals surface area contributed by atoms with E-state index in [4.69, 9.17) is 18.9 Å². The summed E-state index contributed by atoms with van der Waals surface area (Å²) in [6.45, 7) is 3.15. The Morgan fingerprint density at radius 2 is 1.86 bits per heavy atom. The van der Waals surface area contributed by atoms with Gasteiger partial charge in [0.2, 0.25) is 0 Å². The summed E-state index contributed by atoms with van der Waals surface area (Å²) >= 11 is 0. The quantitative estimate of drug-likeness (QED) is 0.662. The van der Waals surface area contributed by atoms with Crippen LogP contribution in [0, 0.1) is 5.82 Å². The molecule has 154 valence electrons. The lowest BCUT2D eigenvalue weighted by Gasteiger charge is -2.23. The topological polar surface area (TPSA) is 74.3 Å². The number of ether oxygens (including phenoxy) is 4. The monoisotopic (exact) mass is 403 g/mol. The average Bonchev–Trinajstić information content (AvgIpc) is 2.75. The zero-order chi connectivity index (χ0) is 20.8. The molecule has 1 heterocycles. The molecular weight excluding hydrogens is 381 g/mol. The Bertz CT molecular complexity index is 901. The van der Waals surface area contributed by atoms with Crippen LogP contribution in [0.15, 0.2) is 36.4 Å². The Hall–Kier alpha value is -3.29. The first-order valence-corrected chi connectivity index (χ1v) is 9.18. The van der Waals surface area contributed by atoms with Crippen LogP contribution in [-0.2, 0) is 16.1 Å². The molecule has 7 nitrogen and oxygen atoms in total. The molecule has 8 heteroatoms. The first kappa shape index (κ1) is 20.4. The normalized spacial score (nSPS) is 12.2. The van der Waals surface area contributed by atoms with E-state index in [1.807, 2.05) is 19.1 Å². The van der Waals surface area contributed by atoms with E-state index < -0.39 is 18.4 Å². The summed E-state index contributed by atoms with van der Waals surface area (Å²) in [6, 6.07) is 9.21. The van der Waals surface area contributed by atoms with Crippen molar-refractivity contribution in [2.45, 2.75) is 13.5 Å². The first-order chi connectivity index (χ1) is 14.0. The molecule has 0 unspecified atom stereocenters. The number of hydrogen-bond donors (Lipinski definition) is 0. The van der Waals surface area contributed by atoms with Gasteiger partial charge in [0, 0.05) is 13.1 Å². The van der Waals surface area contributed by atoms with E-state index in [2.05, 4.69) is 0 Å². The number of carbonyl (C=O) groups excluding carboxylic acids is 2. The molecule has 0 saturated heterocycles. The van der Waals surface area contributed by atoms with Crippen LogP contribution in [0.1, 0.15) is 22.8 Å². The zero-order valence-corrected chi connectivity index (χ0v) is 16.3. The molecule has 29 heavy (non-hydrogen) atoms. The molecule has 0 saturated carbocycles. The van der Waals surface area contributed by atoms with E-state index in [1.165, 1.54) is 19.2 Å². The van der Waals surface area contributed by atoms with E-state index in [1.54, 1.807) is 11.0 Å². The van der Waals surface area contributed by atoms with Gasteiger partial charge >= 0.3 is 5.97 Å². The molecular formula is C21H22FNO6. The molecule has 2 aromatic carbocycles. The van der Waals surface area contributed by atoms with Crippen LogP contribution in [0.4, 0.5) is 4.39 Å². The van der Waals surface area contributed by atoms with Gasteiger partial charge in [0.15, 0.2) is 29.7 Å². The Balaban J connectivity index is 1.58. The molecule has 3 rings (SSSR count). The van der Waals surface area contributed by atoms with Gasteiger partial charge in [0.25, 0.3) is 5.91 Å². The third-order valence-corrected chi connectivity index (χ3v) is 4.43. The Kier molecular flexibility index (Phi) is 6.54. The lowest BCUT2D eigenvalue weighted by molar-refractivity contribution is -0.134. The second kappa shape index (κ2) is 9.27. The van der Waals surface area contributed by atoms with Gasteiger partial charge in [-0.15, -0.1) is 0 Å². The van der Waals surface area contributed by atoms with Gasteiger partial charge in [0.05, 0.1) is 12.7 Å². The summed E-state index contributed by atoms with van der Waals surface area (Å²) in [4.78, 5) is 26.1. The van der Waals surface area contributed by atoms with Crippen molar-refractivity contribution in [1.82, 2.24) is 4.90 Å². The minimum Gasteiger partial charge on any atom is -0.494 e. The van der Waals surface area contributed by atoms with Gasteiger partial charge in [-0.3, -0.25) is 4.79 Å². The van der Waals surface area contributed by atoms with Crippen LogP contribution in [0.3, 0.4) is 0 Å². The number of carbonyl (C=O) groups is 2. The van der Waals surface area contributed by atoms with E-state index in [0.717, 1.165) is 11.6 Å². The fraction of sp³-hybridized carbons (Fsp3) is 0.333. The van der Waals surface area contributed by atoms with Crippen molar-refractivity contribution in [1.29, 1.82) is 0 Å². The first-order valence-electron chi connectivity index (χ1n) is 9.18. The number of esters is 1. The standard InChI is InChI=1S/C21H22FNO6/c1-3-23(12-14-4-6-18-19(10-14)28-9-8-27-18)20(24)13-29-21(25)15-5-7-17(26-2)16(22)11-15/h4-7,10-11H,3,8-9,12-13H2,1-2H3. The van der Waals surface area contributed by atoms with Gasteiger partial charge < -0.3 is 23.8 Å². The highest BCUT2D eigenvalue weighted by Gasteiger charge is 2.18. The number of nitrogens with zero attached hydrogens (tertiary/aromatic N) is 1. The van der Waals surface area contributed by atoms with Gasteiger partial charge in [-0.25, -0.2) is 9.18 Å². The Morgan fingerprint density at radius 1 is 1.10 bits per heavy atom. The van der Waals surface area contributed by atoms with Crippen molar-refractivity contribution in [3.8, 4) is 17.2 Å². The molecule has 0 fully saturated rings. The SMILES string of the molecule is CCN(Cc1ccc2c(c1)OCCO2)C(=O)COC(=O)c1ccc(OC)c(F)c1. The lowest BCUT2D eigenvalue weighted by Crippen LogP contribution is -2.34. The van der Waals surface area contributed by atoms with E-state index in [9.17, 15) is 14.0 Å². The third-order valence-electron chi connectivity index (χ3n) is 4.43. The predicted molar refractivity (Wildman–Crippen MR) is 102 cm³/mol. The minimum atomic E-state index is -0.782. The summed E-state index contributed by atoms with van der Waals surface area (Å²) in [7, 11) is 1.33. The number of likely N-dealkylation sites (N-methyl/N-ethyl adjacent to an activating group) is 1. The Morgan fingerprint density at radius 3 is 2.55 bits per heavy atom. The molecule has 0 spiro atoms. The fourth-order valence-electron chi connectivity index (χ4n) is 2.88. The second-order valence-electron chi connectivity index (χ2n) is 6.31.